The molecule has 2 heterocycles. The van der Waals surface area contributed by atoms with Gasteiger partial charge in [-0.25, -0.2) is 4.57 Å². The number of nitrogens with one attached hydrogen (secondary N) is 1. The van der Waals surface area contributed by atoms with Crippen LogP contribution in [0.2, 0.25) is 0 Å². The first-order chi connectivity index (χ1) is 36.6. The number of nitrogens with zero attached hydrogens (tertiary/aromatic N) is 1. The van der Waals surface area contributed by atoms with Crippen LogP contribution in [0.5, 0.6) is 5.75 Å². The Morgan fingerprint density at radius 2 is 1.70 bits per heavy atom. The van der Waals surface area contributed by atoms with Crippen molar-refractivity contribution in [2.75, 3.05) is 32.9 Å². The number of hydrogen-bond acceptors (Lipinski definition) is 13. The molecule has 5 N–H and O–H groups in total. The molecule has 76 heavy (non-hydrogen) atoms. The Balaban J connectivity index is 0.753. The largest absolute Gasteiger partial charge is 0.524 e. The van der Waals surface area contributed by atoms with Crippen LogP contribution < -0.4 is 9.84 Å². The molecule has 2 aromatic carbocycles. The Hall–Kier alpha value is -4.28. The van der Waals surface area contributed by atoms with E-state index in [9.17, 15) is 38.9 Å². The number of benzene rings is 2. The summed E-state index contributed by atoms with van der Waals surface area (Å²) < 4.78 is 42.5. The number of aliphatic hydroxyl groups excluding tert-OH is 2. The van der Waals surface area contributed by atoms with Gasteiger partial charge in [-0.2, -0.15) is 0 Å². The van der Waals surface area contributed by atoms with E-state index >= 15 is 0 Å². The Labute approximate surface area is 448 Å². The number of aliphatic hydroxyl groups is 2. The molecule has 9 rings (SSSR count). The van der Waals surface area contributed by atoms with Gasteiger partial charge in [-0.05, 0) is 124 Å². The van der Waals surface area contributed by atoms with Crippen molar-refractivity contribution in [1.29, 1.82) is 0 Å². The Morgan fingerprint density at radius 3 is 2.46 bits per heavy atom. The highest BCUT2D eigenvalue weighted by Crippen LogP contribution is 2.70. The quantitative estimate of drug-likeness (QED) is 0.0356. The molecule has 0 unspecified atom stereocenters. The second-order valence-electron chi connectivity index (χ2n) is 23.1. The van der Waals surface area contributed by atoms with Crippen molar-refractivity contribution in [2.45, 2.75) is 160 Å². The molecule has 0 bridgehead atoms. The van der Waals surface area contributed by atoms with E-state index < -0.39 is 61.4 Å². The Morgan fingerprint density at radius 1 is 0.947 bits per heavy atom. The van der Waals surface area contributed by atoms with Gasteiger partial charge in [0.15, 0.2) is 24.3 Å². The van der Waals surface area contributed by atoms with Crippen molar-refractivity contribution >= 4 is 25.4 Å². The van der Waals surface area contributed by atoms with Crippen LogP contribution >= 0.6 is 7.82 Å². The lowest BCUT2D eigenvalue weighted by Crippen LogP contribution is -2.63. The van der Waals surface area contributed by atoms with E-state index in [4.69, 9.17) is 23.5 Å². The van der Waals surface area contributed by atoms with Crippen LogP contribution in [0.3, 0.4) is 0 Å². The number of esters is 1. The van der Waals surface area contributed by atoms with Gasteiger partial charge in [0.25, 0.3) is 0 Å². The number of carbonyl (C=O) groups is 3. The molecule has 0 aromatic heterocycles. The fourth-order valence-corrected chi connectivity index (χ4v) is 14.7. The highest BCUT2D eigenvalue weighted by atomic mass is 31.2. The molecule has 16 heteroatoms. The molecule has 15 nitrogen and oxygen atoms in total. The zero-order valence-electron chi connectivity index (χ0n) is 44.5. The molecule has 5 fully saturated rings. The van der Waals surface area contributed by atoms with Gasteiger partial charge in [0.2, 0.25) is 5.78 Å². The minimum Gasteiger partial charge on any atom is -0.458 e. The SMILES string of the molecule is C[C@]12C=CC(=O)C=C1CC[C@@H]1[C@@H]2[C@@H](O)C[C@@]2(C)[C@H]1C[C@H]1O[C@@H](C3CCCCC3)O[C@]12C(=O)COC(=O)CC1C=CN(Cc2cc([C@@H](O)CNCCCCCCOCCCCc3ccccc3)ccc2OP(=O)(O)O)C=C1. The van der Waals surface area contributed by atoms with Gasteiger partial charge in [0, 0.05) is 66.3 Å². The molecule has 4 saturated carbocycles. The predicted octanol–water partition coefficient (Wildman–Crippen LogP) is 9.29. The van der Waals surface area contributed by atoms with Crippen LogP contribution in [0.25, 0.3) is 0 Å². The molecule has 5 aliphatic carbocycles. The summed E-state index contributed by atoms with van der Waals surface area (Å²) in [6, 6.07) is 15.2. The Bertz CT molecular complexity index is 2510. The van der Waals surface area contributed by atoms with Crippen LogP contribution in [-0.2, 0) is 50.9 Å². The second kappa shape index (κ2) is 24.8. The fraction of sp³-hybridized carbons (Fsp3) is 0.617. The number of fused-ring (bicyclic) bond motifs is 7. The molecule has 414 valence electrons. The summed E-state index contributed by atoms with van der Waals surface area (Å²) in [7, 11) is -4.90. The number of allylic oxidation sites excluding steroid dienone is 6. The molecule has 7 aliphatic rings. The highest BCUT2D eigenvalue weighted by molar-refractivity contribution is 7.46. The molecule has 1 saturated heterocycles. The molecule has 0 radical (unpaired) electrons. The highest BCUT2D eigenvalue weighted by Gasteiger charge is 2.76. The zero-order chi connectivity index (χ0) is 53.5. The first kappa shape index (κ1) is 56.4. The predicted molar refractivity (Wildman–Crippen MR) is 286 cm³/mol. The van der Waals surface area contributed by atoms with Crippen molar-refractivity contribution in [3.63, 3.8) is 0 Å². The maximum absolute atomic E-state index is 15.0. The van der Waals surface area contributed by atoms with Crippen molar-refractivity contribution in [2.24, 2.45) is 40.4 Å². The van der Waals surface area contributed by atoms with Crippen LogP contribution in [-0.4, -0.2) is 99.4 Å². The van der Waals surface area contributed by atoms with Crippen molar-refractivity contribution in [3.8, 4) is 5.75 Å². The zero-order valence-corrected chi connectivity index (χ0v) is 45.4. The molecule has 0 spiro atoms. The molecule has 2 aromatic rings. The summed E-state index contributed by atoms with van der Waals surface area (Å²) in [4.78, 5) is 62.2. The molecular formula is C60H81N2O13P. The van der Waals surface area contributed by atoms with Gasteiger partial charge in [-0.1, -0.05) is 106 Å². The van der Waals surface area contributed by atoms with E-state index in [1.54, 1.807) is 41.6 Å². The maximum Gasteiger partial charge on any atom is 0.524 e. The third-order valence-electron chi connectivity index (χ3n) is 18.1. The number of aryl methyl sites for hydroxylation is 1. The summed E-state index contributed by atoms with van der Waals surface area (Å²) in [5.74, 6) is -1.21. The number of ether oxygens (including phenoxy) is 4. The van der Waals surface area contributed by atoms with Crippen molar-refractivity contribution in [1.82, 2.24) is 10.2 Å². The number of ketones is 2. The monoisotopic (exact) mass is 1070 g/mol. The van der Waals surface area contributed by atoms with Gasteiger partial charge in [-0.15, -0.1) is 0 Å². The van der Waals surface area contributed by atoms with Gasteiger partial charge in [-0.3, -0.25) is 24.2 Å². The van der Waals surface area contributed by atoms with Crippen LogP contribution in [0.15, 0.2) is 96.9 Å². The van der Waals surface area contributed by atoms with E-state index in [2.05, 4.69) is 43.4 Å². The summed E-state index contributed by atoms with van der Waals surface area (Å²) in [6.07, 6.45) is 24.7. The summed E-state index contributed by atoms with van der Waals surface area (Å²) in [5.41, 5.74) is 0.757. The number of phosphoric acid groups is 1. The van der Waals surface area contributed by atoms with E-state index in [1.165, 1.54) is 11.6 Å². The van der Waals surface area contributed by atoms with Crippen LogP contribution in [0.4, 0.5) is 0 Å². The standard InChI is InChI=1S/C60H81N2O13P/c1-58-27-24-47(63)35-46(58)21-22-48-49-36-54-60(59(49,2)37-50(64)56(48)58,74-57(73-54)43-18-9-6-10-19-43)53(66)40-72-55(67)33-42-25-29-62(30-26-42)39-45-34-44(20-23-52(45)75-76(68,69)70)51(65)38-61-28-12-3-4-13-31-71-32-14-11-17-41-15-7-5-8-16-41/h5,7-8,15-16,20,23-27,29-30,34-35,42-43,48-51,54,56-57,61,64-65H,3-4,6,9-14,17-19,21-22,28,31-33,36-40H2,1-2H3,(H2,68,69,70)/t48-,49-,50-,51-,54+,56+,57+,58-,59-,60+/m0/s1. The number of rotatable bonds is 25. The Kier molecular flexibility index (Phi) is 18.4. The van der Waals surface area contributed by atoms with Gasteiger partial charge in [0.05, 0.1) is 31.3 Å². The molecule has 0 amide bonds. The van der Waals surface area contributed by atoms with E-state index in [-0.39, 0.29) is 59.9 Å². The maximum atomic E-state index is 15.0. The number of carbonyl (C=O) groups excluding carboxylic acids is 3. The van der Waals surface area contributed by atoms with Crippen LogP contribution in [0, 0.1) is 40.4 Å². The topological polar surface area (TPSA) is 211 Å². The van der Waals surface area contributed by atoms with E-state index in [1.807, 2.05) is 24.3 Å². The third kappa shape index (κ3) is 12.7. The van der Waals surface area contributed by atoms with Crippen molar-refractivity contribution in [3.05, 3.63) is 114 Å². The molecule has 10 atom stereocenters. The molecular weight excluding hydrogens is 988 g/mol. The molecule has 2 aliphatic heterocycles. The second-order valence-corrected chi connectivity index (χ2v) is 24.3. The number of Topliss-reactive ketones (excluding diaryl/α,β-unsaturated/α-hetero) is 1. The summed E-state index contributed by atoms with van der Waals surface area (Å²) in [6.45, 7) is 6.45. The number of phosphoric ester groups is 1. The number of unbranched alkanes of at least 4 members (excludes halogenated alkanes) is 4. The lowest BCUT2D eigenvalue weighted by Gasteiger charge is -2.59. The summed E-state index contributed by atoms with van der Waals surface area (Å²) >= 11 is 0. The first-order valence-electron chi connectivity index (χ1n) is 28.2. The van der Waals surface area contributed by atoms with Crippen LogP contribution in [0.1, 0.15) is 139 Å². The smallest absolute Gasteiger partial charge is 0.458 e. The lowest BCUT2D eigenvalue weighted by atomic mass is 9.46. The normalized spacial score (nSPS) is 30.6. The first-order valence-corrected chi connectivity index (χ1v) is 29.7. The minimum absolute atomic E-state index is 0.000377. The third-order valence-corrected chi connectivity index (χ3v) is 18.6. The lowest BCUT2D eigenvalue weighted by molar-refractivity contribution is -0.210. The van der Waals surface area contributed by atoms with Gasteiger partial charge < -0.3 is 43.9 Å². The van der Waals surface area contributed by atoms with Crippen molar-refractivity contribution < 1.29 is 62.4 Å². The average molecular weight is 1070 g/mol. The van der Waals surface area contributed by atoms with Gasteiger partial charge in [0.1, 0.15) is 5.75 Å². The van der Waals surface area contributed by atoms with Gasteiger partial charge >= 0.3 is 13.8 Å². The number of hydrogen-bond donors (Lipinski definition) is 5. The fourth-order valence-electron chi connectivity index (χ4n) is 14.3. The van der Waals surface area contributed by atoms with E-state index in [0.29, 0.717) is 30.5 Å². The van der Waals surface area contributed by atoms with E-state index in [0.717, 1.165) is 115 Å². The average Bonchev–Trinajstić information content (AvgIpc) is 4.03. The summed E-state index contributed by atoms with van der Waals surface area (Å²) in [5, 5.41) is 26.6. The minimum atomic E-state index is -4.90.